The Morgan fingerprint density at radius 1 is 1.36 bits per heavy atom. The van der Waals surface area contributed by atoms with Gasteiger partial charge in [0, 0.05) is 0 Å². The van der Waals surface area contributed by atoms with Crippen LogP contribution in [-0.4, -0.2) is 5.75 Å². The van der Waals surface area contributed by atoms with Crippen molar-refractivity contribution in [2.24, 2.45) is 0 Å². The second-order valence-electron chi connectivity index (χ2n) is 2.22. The van der Waals surface area contributed by atoms with Crippen LogP contribution in [0.15, 0.2) is 30.3 Å². The number of rotatable bonds is 3. The van der Waals surface area contributed by atoms with Crippen molar-refractivity contribution in [3.05, 3.63) is 35.9 Å². The molecule has 0 N–H and O–H groups in total. The van der Waals surface area contributed by atoms with Crippen molar-refractivity contribution in [1.82, 2.24) is 0 Å². The normalized spacial score (nSPS) is 12.9. The van der Waals surface area contributed by atoms with Gasteiger partial charge in [-0.15, -0.1) is 11.8 Å². The summed E-state index contributed by atoms with van der Waals surface area (Å²) in [4.78, 5) is 0. The van der Waals surface area contributed by atoms with Crippen LogP contribution in [0.25, 0.3) is 0 Å². The van der Waals surface area contributed by atoms with E-state index >= 15 is 0 Å². The van der Waals surface area contributed by atoms with Gasteiger partial charge >= 0.3 is 0 Å². The Bertz CT molecular complexity index is 196. The zero-order valence-electron chi connectivity index (χ0n) is 6.53. The van der Waals surface area contributed by atoms with Gasteiger partial charge in [-0.1, -0.05) is 37.3 Å². The fraction of sp³-hybridized carbons (Fsp3) is 0.333. The third-order valence-electron chi connectivity index (χ3n) is 1.41. The van der Waals surface area contributed by atoms with Crippen LogP contribution in [0.3, 0.4) is 0 Å². The Kier molecular flexibility index (Phi) is 3.87. The Hall–Kier alpha value is -0.0800. The van der Waals surface area contributed by atoms with Crippen LogP contribution in [-0.2, 0) is 0 Å². The SMILES string of the molecule is CCSC(S)c1ccccc1. The van der Waals surface area contributed by atoms with E-state index < -0.39 is 0 Å². The molecule has 0 bridgehead atoms. The number of thioether (sulfide) groups is 1. The largest absolute Gasteiger partial charge is 0.160 e. The molecular weight excluding hydrogens is 172 g/mol. The van der Waals surface area contributed by atoms with E-state index in [0.29, 0.717) is 4.58 Å². The molecule has 0 spiro atoms. The lowest BCUT2D eigenvalue weighted by atomic mass is 10.2. The van der Waals surface area contributed by atoms with E-state index in [2.05, 4.69) is 43.8 Å². The second-order valence-corrected chi connectivity index (χ2v) is 4.47. The molecule has 11 heavy (non-hydrogen) atoms. The molecule has 60 valence electrons. The first-order chi connectivity index (χ1) is 5.34. The predicted molar refractivity (Wildman–Crippen MR) is 56.3 cm³/mol. The average molecular weight is 184 g/mol. The van der Waals surface area contributed by atoms with Crippen LogP contribution in [0, 0.1) is 0 Å². The fourth-order valence-corrected chi connectivity index (χ4v) is 2.16. The predicted octanol–water partition coefficient (Wildman–Crippen LogP) is 3.37. The van der Waals surface area contributed by atoms with Gasteiger partial charge in [0.2, 0.25) is 0 Å². The Labute approximate surface area is 77.8 Å². The monoisotopic (exact) mass is 184 g/mol. The molecule has 0 amide bonds. The van der Waals surface area contributed by atoms with Crippen molar-refractivity contribution >= 4 is 24.4 Å². The summed E-state index contributed by atoms with van der Waals surface area (Å²) in [5, 5.41) is 0. The summed E-state index contributed by atoms with van der Waals surface area (Å²) in [6, 6.07) is 10.4. The number of hydrogen-bond acceptors (Lipinski definition) is 2. The average Bonchev–Trinajstić information content (AvgIpc) is 2.07. The molecule has 0 heterocycles. The van der Waals surface area contributed by atoms with Gasteiger partial charge in [-0.25, -0.2) is 0 Å². The smallest absolute Gasteiger partial charge is 0.0721 e. The minimum absolute atomic E-state index is 0.334. The first-order valence-electron chi connectivity index (χ1n) is 3.69. The summed E-state index contributed by atoms with van der Waals surface area (Å²) in [5.74, 6) is 1.11. The van der Waals surface area contributed by atoms with Gasteiger partial charge in [-0.3, -0.25) is 0 Å². The number of thiol groups is 1. The highest BCUT2D eigenvalue weighted by Crippen LogP contribution is 2.31. The molecule has 0 aliphatic heterocycles. The molecule has 1 rings (SSSR count). The Morgan fingerprint density at radius 2 is 2.00 bits per heavy atom. The van der Waals surface area contributed by atoms with Crippen LogP contribution in [0.4, 0.5) is 0 Å². The van der Waals surface area contributed by atoms with Crippen LogP contribution in [0.5, 0.6) is 0 Å². The van der Waals surface area contributed by atoms with Crippen LogP contribution >= 0.6 is 24.4 Å². The molecular formula is C9H12S2. The first kappa shape index (κ1) is 9.01. The maximum absolute atomic E-state index is 4.46. The van der Waals surface area contributed by atoms with E-state index in [-0.39, 0.29) is 0 Å². The van der Waals surface area contributed by atoms with E-state index in [9.17, 15) is 0 Å². The lowest BCUT2D eigenvalue weighted by Gasteiger charge is -2.07. The zero-order chi connectivity index (χ0) is 8.10. The molecule has 0 saturated heterocycles. The molecule has 1 aromatic carbocycles. The van der Waals surface area contributed by atoms with Crippen molar-refractivity contribution < 1.29 is 0 Å². The lowest BCUT2D eigenvalue weighted by Crippen LogP contribution is -1.84. The van der Waals surface area contributed by atoms with Gasteiger partial charge in [0.05, 0.1) is 4.58 Å². The molecule has 0 aliphatic rings. The third kappa shape index (κ3) is 2.80. The third-order valence-corrected chi connectivity index (χ3v) is 3.08. The summed E-state index contributed by atoms with van der Waals surface area (Å²) in [6.07, 6.45) is 0. The maximum atomic E-state index is 4.46. The van der Waals surface area contributed by atoms with E-state index in [4.69, 9.17) is 0 Å². The molecule has 0 nitrogen and oxygen atoms in total. The molecule has 1 unspecified atom stereocenters. The minimum Gasteiger partial charge on any atom is -0.160 e. The molecule has 1 aromatic rings. The maximum Gasteiger partial charge on any atom is 0.0721 e. The molecule has 0 fully saturated rings. The summed E-state index contributed by atoms with van der Waals surface area (Å²) in [6.45, 7) is 2.15. The summed E-state index contributed by atoms with van der Waals surface area (Å²) in [5.41, 5.74) is 1.29. The highest BCUT2D eigenvalue weighted by Gasteiger charge is 2.02. The molecule has 0 radical (unpaired) electrons. The topological polar surface area (TPSA) is 0 Å². The van der Waals surface area contributed by atoms with Crippen LogP contribution in [0.2, 0.25) is 0 Å². The highest BCUT2D eigenvalue weighted by atomic mass is 32.2. The molecule has 0 aromatic heterocycles. The summed E-state index contributed by atoms with van der Waals surface area (Å²) < 4.78 is 0.334. The first-order valence-corrected chi connectivity index (χ1v) is 5.25. The standard InChI is InChI=1S/C9H12S2/c1-2-11-9(10)8-6-4-3-5-7-8/h3-7,9-10H,2H2,1H3. The van der Waals surface area contributed by atoms with Crippen LogP contribution in [0.1, 0.15) is 17.1 Å². The van der Waals surface area contributed by atoms with Gasteiger partial charge in [0.15, 0.2) is 0 Å². The van der Waals surface area contributed by atoms with Gasteiger partial charge in [-0.2, -0.15) is 12.6 Å². The fourth-order valence-electron chi connectivity index (χ4n) is 0.872. The quantitative estimate of drug-likeness (QED) is 0.555. The van der Waals surface area contributed by atoms with E-state index in [1.165, 1.54) is 5.56 Å². The van der Waals surface area contributed by atoms with Crippen molar-refractivity contribution in [2.45, 2.75) is 11.5 Å². The second kappa shape index (κ2) is 4.73. The van der Waals surface area contributed by atoms with Crippen molar-refractivity contribution in [1.29, 1.82) is 0 Å². The van der Waals surface area contributed by atoms with Crippen molar-refractivity contribution in [3.63, 3.8) is 0 Å². The van der Waals surface area contributed by atoms with Crippen molar-refractivity contribution in [2.75, 3.05) is 5.75 Å². The summed E-state index contributed by atoms with van der Waals surface area (Å²) in [7, 11) is 0. The van der Waals surface area contributed by atoms with Crippen LogP contribution < -0.4 is 0 Å². The van der Waals surface area contributed by atoms with Gasteiger partial charge in [0.1, 0.15) is 0 Å². The minimum atomic E-state index is 0.334. The molecule has 1 atom stereocenters. The Morgan fingerprint density at radius 3 is 2.55 bits per heavy atom. The molecule has 2 heteroatoms. The van der Waals surface area contributed by atoms with Gasteiger partial charge in [0.25, 0.3) is 0 Å². The van der Waals surface area contributed by atoms with E-state index in [1.54, 1.807) is 0 Å². The lowest BCUT2D eigenvalue weighted by molar-refractivity contribution is 1.37. The van der Waals surface area contributed by atoms with Gasteiger partial charge in [-0.05, 0) is 11.3 Å². The molecule has 0 saturated carbocycles. The molecule has 0 aliphatic carbocycles. The number of benzene rings is 1. The van der Waals surface area contributed by atoms with Gasteiger partial charge < -0.3 is 0 Å². The zero-order valence-corrected chi connectivity index (χ0v) is 8.24. The highest BCUT2D eigenvalue weighted by molar-refractivity contribution is 8.09. The summed E-state index contributed by atoms with van der Waals surface area (Å²) >= 11 is 6.31. The number of hydrogen-bond donors (Lipinski definition) is 1. The van der Waals surface area contributed by atoms with E-state index in [0.717, 1.165) is 5.75 Å². The van der Waals surface area contributed by atoms with Crippen molar-refractivity contribution in [3.8, 4) is 0 Å². The Balaban J connectivity index is 2.61. The van der Waals surface area contributed by atoms with E-state index in [1.807, 2.05) is 17.8 Å².